The van der Waals surface area contributed by atoms with E-state index in [0.717, 1.165) is 35.4 Å². The van der Waals surface area contributed by atoms with Crippen LogP contribution >= 0.6 is 0 Å². The zero-order valence-electron chi connectivity index (χ0n) is 18.5. The molecule has 4 rings (SSSR count). The second-order valence-corrected chi connectivity index (χ2v) is 8.08. The second kappa shape index (κ2) is 8.51. The minimum absolute atomic E-state index is 0.209. The van der Waals surface area contributed by atoms with Crippen molar-refractivity contribution in [2.45, 2.75) is 32.8 Å². The van der Waals surface area contributed by atoms with Gasteiger partial charge in [0.25, 0.3) is 5.91 Å². The third kappa shape index (κ3) is 4.05. The number of benzene rings is 1. The first-order valence-corrected chi connectivity index (χ1v) is 10.7. The lowest BCUT2D eigenvalue weighted by atomic mass is 9.95. The number of carbonyl (C=O) groups is 1. The number of carbonyl (C=O) groups excluding carboxylic acids is 1. The van der Waals surface area contributed by atoms with E-state index in [1.165, 1.54) is 23.6 Å². The average Bonchev–Trinajstić information content (AvgIpc) is 3.17. The maximum Gasteiger partial charge on any atom is 0.251 e. The SMILES string of the molecule is CCc1cc(C2=CCN(C(=O)C(C)O)CC2)ccc1N(C)c1cc2c(cn1)ncn2C. The molecule has 0 fully saturated rings. The van der Waals surface area contributed by atoms with Gasteiger partial charge in [0.2, 0.25) is 0 Å². The largest absolute Gasteiger partial charge is 0.384 e. The molecule has 0 spiro atoms. The number of pyridine rings is 1. The van der Waals surface area contributed by atoms with Crippen LogP contribution in [0.15, 0.2) is 42.9 Å². The number of aliphatic hydroxyl groups excluding tert-OH is 1. The van der Waals surface area contributed by atoms with E-state index in [0.29, 0.717) is 13.1 Å². The molecular weight excluding hydrogens is 390 g/mol. The van der Waals surface area contributed by atoms with Gasteiger partial charge in [0.1, 0.15) is 17.4 Å². The Balaban J connectivity index is 1.59. The van der Waals surface area contributed by atoms with E-state index in [2.05, 4.69) is 52.1 Å². The molecule has 1 aromatic carbocycles. The van der Waals surface area contributed by atoms with E-state index in [1.807, 2.05) is 24.9 Å². The highest BCUT2D eigenvalue weighted by atomic mass is 16.3. The number of nitrogens with zero attached hydrogens (tertiary/aromatic N) is 5. The molecule has 1 amide bonds. The van der Waals surface area contributed by atoms with Gasteiger partial charge in [0.15, 0.2) is 0 Å². The summed E-state index contributed by atoms with van der Waals surface area (Å²) in [5.74, 6) is 0.669. The number of rotatable bonds is 5. The molecular formula is C24H29N5O2. The van der Waals surface area contributed by atoms with E-state index in [4.69, 9.17) is 0 Å². The maximum atomic E-state index is 12.0. The van der Waals surface area contributed by atoms with Crippen molar-refractivity contribution < 1.29 is 9.90 Å². The van der Waals surface area contributed by atoms with E-state index >= 15 is 0 Å². The summed E-state index contributed by atoms with van der Waals surface area (Å²) in [6.07, 6.45) is 6.46. The number of aryl methyl sites for hydroxylation is 2. The summed E-state index contributed by atoms with van der Waals surface area (Å²) in [6, 6.07) is 8.60. The standard InChI is InChI=1S/C24H29N5O2/c1-5-17-12-19(18-8-10-29(11-9-18)24(31)16(2)30)6-7-21(17)28(4)23-13-22-20(14-25-23)26-15-27(22)3/h6-8,12-16,30H,5,9-11H2,1-4H3. The molecule has 0 radical (unpaired) electrons. The smallest absolute Gasteiger partial charge is 0.251 e. The summed E-state index contributed by atoms with van der Waals surface area (Å²) >= 11 is 0. The Kier molecular flexibility index (Phi) is 5.78. The summed E-state index contributed by atoms with van der Waals surface area (Å²) in [7, 11) is 4.03. The summed E-state index contributed by atoms with van der Waals surface area (Å²) in [5, 5.41) is 9.54. The predicted molar refractivity (Wildman–Crippen MR) is 123 cm³/mol. The molecule has 0 bridgehead atoms. The number of aliphatic hydroxyl groups is 1. The Bertz CT molecular complexity index is 1150. The first kappa shape index (κ1) is 21.1. The first-order valence-electron chi connectivity index (χ1n) is 10.7. The van der Waals surface area contributed by atoms with Crippen LogP contribution in [0, 0.1) is 0 Å². The average molecular weight is 420 g/mol. The number of aromatic nitrogens is 3. The molecule has 2 aromatic heterocycles. The van der Waals surface area contributed by atoms with E-state index in [1.54, 1.807) is 11.2 Å². The topological polar surface area (TPSA) is 74.5 Å². The van der Waals surface area contributed by atoms with Crippen LogP contribution in [0.3, 0.4) is 0 Å². The van der Waals surface area contributed by atoms with Gasteiger partial charge in [-0.25, -0.2) is 9.97 Å². The van der Waals surface area contributed by atoms with Crippen molar-refractivity contribution in [2.24, 2.45) is 7.05 Å². The molecule has 0 saturated carbocycles. The van der Waals surface area contributed by atoms with Crippen molar-refractivity contribution in [2.75, 3.05) is 25.0 Å². The molecule has 1 unspecified atom stereocenters. The van der Waals surface area contributed by atoms with Crippen LogP contribution in [0.5, 0.6) is 0 Å². The van der Waals surface area contributed by atoms with Gasteiger partial charge in [-0.1, -0.05) is 19.1 Å². The summed E-state index contributed by atoms with van der Waals surface area (Å²) in [5.41, 5.74) is 6.74. The molecule has 1 N–H and O–H groups in total. The van der Waals surface area contributed by atoms with Crippen LogP contribution < -0.4 is 4.90 Å². The number of hydrogen-bond donors (Lipinski definition) is 1. The van der Waals surface area contributed by atoms with Crippen LogP contribution in [0.4, 0.5) is 11.5 Å². The van der Waals surface area contributed by atoms with Crippen LogP contribution in [-0.2, 0) is 18.3 Å². The van der Waals surface area contributed by atoms with Gasteiger partial charge >= 0.3 is 0 Å². The molecule has 31 heavy (non-hydrogen) atoms. The molecule has 0 saturated heterocycles. The number of hydrogen-bond acceptors (Lipinski definition) is 5. The zero-order valence-corrected chi connectivity index (χ0v) is 18.5. The highest BCUT2D eigenvalue weighted by Gasteiger charge is 2.21. The van der Waals surface area contributed by atoms with Crippen LogP contribution in [0.2, 0.25) is 0 Å². The van der Waals surface area contributed by atoms with Gasteiger partial charge in [0, 0.05) is 38.9 Å². The van der Waals surface area contributed by atoms with Crippen molar-refractivity contribution in [1.29, 1.82) is 0 Å². The van der Waals surface area contributed by atoms with Crippen LogP contribution in [-0.4, -0.2) is 56.7 Å². The molecule has 3 heterocycles. The maximum absolute atomic E-state index is 12.0. The molecule has 1 aliphatic rings. The lowest BCUT2D eigenvalue weighted by Crippen LogP contribution is -2.40. The quantitative estimate of drug-likeness (QED) is 0.687. The number of amides is 1. The normalized spacial score (nSPS) is 15.1. The Morgan fingerprint density at radius 3 is 2.77 bits per heavy atom. The van der Waals surface area contributed by atoms with Crippen molar-refractivity contribution >= 4 is 34.0 Å². The van der Waals surface area contributed by atoms with E-state index in [9.17, 15) is 9.90 Å². The Morgan fingerprint density at radius 2 is 2.10 bits per heavy atom. The molecule has 7 nitrogen and oxygen atoms in total. The second-order valence-electron chi connectivity index (χ2n) is 8.08. The Morgan fingerprint density at radius 1 is 1.29 bits per heavy atom. The van der Waals surface area contributed by atoms with Crippen molar-refractivity contribution in [1.82, 2.24) is 19.4 Å². The fourth-order valence-electron chi connectivity index (χ4n) is 4.12. The Labute approximate surface area is 182 Å². The van der Waals surface area contributed by atoms with Gasteiger partial charge < -0.3 is 19.5 Å². The minimum Gasteiger partial charge on any atom is -0.384 e. The third-order valence-corrected chi connectivity index (χ3v) is 6.01. The zero-order chi connectivity index (χ0) is 22.1. The van der Waals surface area contributed by atoms with Gasteiger partial charge in [0.05, 0.1) is 18.0 Å². The first-order chi connectivity index (χ1) is 14.9. The molecule has 7 heteroatoms. The predicted octanol–water partition coefficient (Wildman–Crippen LogP) is 3.30. The van der Waals surface area contributed by atoms with Crippen molar-refractivity contribution in [3.63, 3.8) is 0 Å². The van der Waals surface area contributed by atoms with Crippen molar-refractivity contribution in [3.05, 3.63) is 54.0 Å². The van der Waals surface area contributed by atoms with Gasteiger partial charge in [-0.15, -0.1) is 0 Å². The summed E-state index contributed by atoms with van der Waals surface area (Å²) in [6.45, 7) is 4.85. The van der Waals surface area contributed by atoms with Crippen LogP contribution in [0.25, 0.3) is 16.6 Å². The highest BCUT2D eigenvalue weighted by Crippen LogP contribution is 2.32. The lowest BCUT2D eigenvalue weighted by molar-refractivity contribution is -0.138. The molecule has 1 atom stereocenters. The fourth-order valence-corrected chi connectivity index (χ4v) is 4.12. The van der Waals surface area contributed by atoms with E-state index in [-0.39, 0.29) is 5.91 Å². The van der Waals surface area contributed by atoms with Gasteiger partial charge in [-0.3, -0.25) is 4.79 Å². The number of fused-ring (bicyclic) bond motifs is 1. The van der Waals surface area contributed by atoms with Crippen LogP contribution in [0.1, 0.15) is 31.4 Å². The fraction of sp³-hybridized carbons (Fsp3) is 0.375. The van der Waals surface area contributed by atoms with Gasteiger partial charge in [-0.2, -0.15) is 0 Å². The number of anilines is 2. The van der Waals surface area contributed by atoms with Crippen molar-refractivity contribution in [3.8, 4) is 0 Å². The minimum atomic E-state index is -0.948. The number of imidazole rings is 1. The molecule has 3 aromatic rings. The highest BCUT2D eigenvalue weighted by molar-refractivity contribution is 5.82. The molecule has 162 valence electrons. The summed E-state index contributed by atoms with van der Waals surface area (Å²) < 4.78 is 2.00. The molecule has 1 aliphatic heterocycles. The Hall–Kier alpha value is -3.19. The van der Waals surface area contributed by atoms with Gasteiger partial charge in [-0.05, 0) is 48.6 Å². The lowest BCUT2D eigenvalue weighted by Gasteiger charge is -2.28. The summed E-state index contributed by atoms with van der Waals surface area (Å²) in [4.78, 5) is 24.8. The molecule has 0 aliphatic carbocycles. The third-order valence-electron chi connectivity index (χ3n) is 6.01. The monoisotopic (exact) mass is 419 g/mol. The van der Waals surface area contributed by atoms with E-state index < -0.39 is 6.10 Å².